The molecule has 0 radical (unpaired) electrons. The molecule has 0 heterocycles. The zero-order valence-electron chi connectivity index (χ0n) is 9.27. The van der Waals surface area contributed by atoms with Gasteiger partial charge in [0, 0.05) is 0 Å². The molecule has 1 aromatic carbocycles. The fourth-order valence-corrected chi connectivity index (χ4v) is 1.14. The van der Waals surface area contributed by atoms with E-state index in [0.29, 0.717) is 6.61 Å². The van der Waals surface area contributed by atoms with E-state index in [4.69, 9.17) is 4.74 Å². The summed E-state index contributed by atoms with van der Waals surface area (Å²) in [6.07, 6.45) is -4.31. The molecule has 0 bridgehead atoms. The van der Waals surface area contributed by atoms with Gasteiger partial charge >= 0.3 is 6.18 Å². The van der Waals surface area contributed by atoms with Crippen molar-refractivity contribution >= 4 is 0 Å². The molecule has 0 aliphatic heterocycles. The van der Waals surface area contributed by atoms with Crippen LogP contribution in [0.5, 0.6) is 5.75 Å². The lowest BCUT2D eigenvalue weighted by molar-refractivity contribution is -0.858. The zero-order chi connectivity index (χ0) is 12.2. The van der Waals surface area contributed by atoms with E-state index in [0.717, 1.165) is 18.7 Å². The predicted molar refractivity (Wildman–Crippen MR) is 54.6 cm³/mol. The molecule has 0 atom stereocenters. The summed E-state index contributed by atoms with van der Waals surface area (Å²) in [6, 6.07) is 4.93. The largest absolute Gasteiger partial charge is 0.488 e. The SMILES string of the molecule is C[NH+](C)CCOc1cccc(C(F)(F)F)c1. The van der Waals surface area contributed by atoms with Crippen molar-refractivity contribution in [3.05, 3.63) is 29.8 Å². The summed E-state index contributed by atoms with van der Waals surface area (Å²) in [5.41, 5.74) is -0.679. The Balaban J connectivity index is 2.61. The van der Waals surface area contributed by atoms with Gasteiger partial charge in [-0.3, -0.25) is 0 Å². The average Bonchev–Trinajstić information content (AvgIpc) is 2.16. The number of alkyl halides is 3. The summed E-state index contributed by atoms with van der Waals surface area (Å²) in [5, 5.41) is 0. The quantitative estimate of drug-likeness (QED) is 0.827. The molecular weight excluding hydrogens is 219 g/mol. The van der Waals surface area contributed by atoms with Crippen LogP contribution >= 0.6 is 0 Å². The highest BCUT2D eigenvalue weighted by Crippen LogP contribution is 2.31. The van der Waals surface area contributed by atoms with Gasteiger partial charge in [0.1, 0.15) is 18.9 Å². The van der Waals surface area contributed by atoms with E-state index in [9.17, 15) is 13.2 Å². The van der Waals surface area contributed by atoms with Gasteiger partial charge in [-0.15, -0.1) is 0 Å². The average molecular weight is 234 g/mol. The van der Waals surface area contributed by atoms with E-state index in [1.165, 1.54) is 17.0 Å². The zero-order valence-corrected chi connectivity index (χ0v) is 9.27. The van der Waals surface area contributed by atoms with Crippen LogP contribution in [0.2, 0.25) is 0 Å². The molecule has 90 valence electrons. The van der Waals surface area contributed by atoms with Crippen molar-refractivity contribution in [1.82, 2.24) is 0 Å². The standard InChI is InChI=1S/C11H14F3NO/c1-15(2)6-7-16-10-5-3-4-9(8-10)11(12,13)14/h3-5,8H,6-7H2,1-2H3/p+1. The molecular formula is C11H15F3NO+. The van der Waals surface area contributed by atoms with Gasteiger partial charge in [-0.05, 0) is 18.2 Å². The molecule has 1 N–H and O–H groups in total. The first-order chi connectivity index (χ1) is 7.39. The maximum absolute atomic E-state index is 12.4. The smallest absolute Gasteiger partial charge is 0.416 e. The Kier molecular flexibility index (Phi) is 4.18. The molecule has 0 unspecified atom stereocenters. The molecule has 0 saturated carbocycles. The molecule has 1 rings (SSSR count). The molecule has 1 aromatic rings. The minimum Gasteiger partial charge on any atom is -0.488 e. The van der Waals surface area contributed by atoms with Gasteiger partial charge in [0.25, 0.3) is 0 Å². The Morgan fingerprint density at radius 3 is 2.50 bits per heavy atom. The van der Waals surface area contributed by atoms with Crippen LogP contribution in [0.3, 0.4) is 0 Å². The predicted octanol–water partition coefficient (Wildman–Crippen LogP) is 1.23. The van der Waals surface area contributed by atoms with E-state index in [2.05, 4.69) is 0 Å². The van der Waals surface area contributed by atoms with Crippen LogP contribution < -0.4 is 9.64 Å². The Morgan fingerprint density at radius 1 is 1.25 bits per heavy atom. The third-order valence-electron chi connectivity index (χ3n) is 2.03. The summed E-state index contributed by atoms with van der Waals surface area (Å²) < 4.78 is 42.3. The van der Waals surface area contributed by atoms with E-state index in [1.54, 1.807) is 0 Å². The van der Waals surface area contributed by atoms with Gasteiger partial charge in [-0.1, -0.05) is 6.07 Å². The number of likely N-dealkylation sites (N-methyl/N-ethyl adjacent to an activating group) is 1. The molecule has 0 fully saturated rings. The number of ether oxygens (including phenoxy) is 1. The van der Waals surface area contributed by atoms with Gasteiger partial charge in [0.2, 0.25) is 0 Å². The van der Waals surface area contributed by atoms with Gasteiger partial charge < -0.3 is 9.64 Å². The Hall–Kier alpha value is -1.23. The first-order valence-electron chi connectivity index (χ1n) is 4.98. The number of hydrogen-bond donors (Lipinski definition) is 1. The minimum atomic E-state index is -4.31. The Labute approximate surface area is 92.6 Å². The maximum atomic E-state index is 12.4. The second-order valence-electron chi connectivity index (χ2n) is 3.83. The lowest BCUT2D eigenvalue weighted by atomic mass is 10.2. The summed E-state index contributed by atoms with van der Waals surface area (Å²) in [7, 11) is 3.91. The number of halogens is 3. The van der Waals surface area contributed by atoms with Crippen LogP contribution in [0.15, 0.2) is 24.3 Å². The maximum Gasteiger partial charge on any atom is 0.416 e. The molecule has 16 heavy (non-hydrogen) atoms. The number of benzene rings is 1. The third kappa shape index (κ3) is 4.10. The van der Waals surface area contributed by atoms with Gasteiger partial charge in [0.15, 0.2) is 0 Å². The molecule has 0 saturated heterocycles. The molecule has 0 aromatic heterocycles. The number of nitrogens with one attached hydrogen (secondary N) is 1. The molecule has 0 amide bonds. The number of quaternary nitrogens is 1. The van der Waals surface area contributed by atoms with Crippen molar-refractivity contribution in [2.45, 2.75) is 6.18 Å². The molecule has 0 aliphatic carbocycles. The van der Waals surface area contributed by atoms with E-state index >= 15 is 0 Å². The van der Waals surface area contributed by atoms with Crippen molar-refractivity contribution in [3.63, 3.8) is 0 Å². The summed E-state index contributed by atoms with van der Waals surface area (Å²) in [5.74, 6) is 0.260. The second-order valence-corrected chi connectivity index (χ2v) is 3.83. The van der Waals surface area contributed by atoms with Crippen molar-refractivity contribution in [2.24, 2.45) is 0 Å². The van der Waals surface area contributed by atoms with E-state index in [-0.39, 0.29) is 5.75 Å². The van der Waals surface area contributed by atoms with Crippen molar-refractivity contribution in [3.8, 4) is 5.75 Å². The number of hydrogen-bond acceptors (Lipinski definition) is 1. The molecule has 0 aliphatic rings. The first-order valence-corrected chi connectivity index (χ1v) is 4.98. The summed E-state index contributed by atoms with van der Waals surface area (Å²) >= 11 is 0. The molecule has 5 heteroatoms. The normalized spacial score (nSPS) is 11.9. The van der Waals surface area contributed by atoms with Crippen LogP contribution in [0, 0.1) is 0 Å². The van der Waals surface area contributed by atoms with Crippen LogP contribution in [0.4, 0.5) is 13.2 Å². The fourth-order valence-electron chi connectivity index (χ4n) is 1.14. The fraction of sp³-hybridized carbons (Fsp3) is 0.455. The molecule has 0 spiro atoms. The highest BCUT2D eigenvalue weighted by molar-refractivity contribution is 5.30. The topological polar surface area (TPSA) is 13.7 Å². The van der Waals surface area contributed by atoms with Crippen LogP contribution in [0.1, 0.15) is 5.56 Å². The molecule has 2 nitrogen and oxygen atoms in total. The Bertz CT molecular complexity index is 336. The highest BCUT2D eigenvalue weighted by Gasteiger charge is 2.30. The second kappa shape index (κ2) is 5.21. The van der Waals surface area contributed by atoms with E-state index < -0.39 is 11.7 Å². The van der Waals surface area contributed by atoms with Gasteiger partial charge in [-0.25, -0.2) is 0 Å². The van der Waals surface area contributed by atoms with Crippen molar-refractivity contribution in [1.29, 1.82) is 0 Å². The van der Waals surface area contributed by atoms with Crippen molar-refractivity contribution in [2.75, 3.05) is 27.2 Å². The minimum absolute atomic E-state index is 0.260. The van der Waals surface area contributed by atoms with Gasteiger partial charge in [-0.2, -0.15) is 13.2 Å². The summed E-state index contributed by atoms with van der Waals surface area (Å²) in [6.45, 7) is 1.15. The van der Waals surface area contributed by atoms with Crippen LogP contribution in [0.25, 0.3) is 0 Å². The lowest BCUT2D eigenvalue weighted by Gasteiger charge is -2.11. The van der Waals surface area contributed by atoms with E-state index in [1.807, 2.05) is 14.1 Å². The van der Waals surface area contributed by atoms with Crippen molar-refractivity contribution < 1.29 is 22.8 Å². The Morgan fingerprint density at radius 2 is 1.94 bits per heavy atom. The third-order valence-corrected chi connectivity index (χ3v) is 2.03. The lowest BCUT2D eigenvalue weighted by Crippen LogP contribution is -3.06. The van der Waals surface area contributed by atoms with Crippen LogP contribution in [-0.4, -0.2) is 27.2 Å². The van der Waals surface area contributed by atoms with Crippen LogP contribution in [-0.2, 0) is 6.18 Å². The monoisotopic (exact) mass is 234 g/mol. The first kappa shape index (κ1) is 12.8. The number of rotatable bonds is 4. The highest BCUT2D eigenvalue weighted by atomic mass is 19.4. The summed E-state index contributed by atoms with van der Waals surface area (Å²) in [4.78, 5) is 1.19. The van der Waals surface area contributed by atoms with Gasteiger partial charge in [0.05, 0.1) is 19.7 Å².